The zero-order chi connectivity index (χ0) is 20.5. The molecule has 0 aliphatic rings. The lowest BCUT2D eigenvalue weighted by Crippen LogP contribution is -2.23. The molecule has 2 aromatic carbocycles. The molecule has 29 heavy (non-hydrogen) atoms. The second kappa shape index (κ2) is 10.1. The van der Waals surface area contributed by atoms with Crippen LogP contribution in [0.2, 0.25) is 0 Å². The number of amides is 1. The molecule has 6 nitrogen and oxygen atoms in total. The summed E-state index contributed by atoms with van der Waals surface area (Å²) < 4.78 is 10.5. The maximum atomic E-state index is 12.5. The molecule has 150 valence electrons. The highest BCUT2D eigenvalue weighted by Gasteiger charge is 2.09. The van der Waals surface area contributed by atoms with E-state index in [1.807, 2.05) is 42.5 Å². The summed E-state index contributed by atoms with van der Waals surface area (Å²) in [6.45, 7) is 1.15. The molecular formula is C23H25N3O3. The smallest absolute Gasteiger partial charge is 0.253 e. The van der Waals surface area contributed by atoms with E-state index < -0.39 is 0 Å². The van der Waals surface area contributed by atoms with Crippen LogP contribution in [0.25, 0.3) is 0 Å². The number of carbonyl (C=O) groups excluding carboxylic acids is 1. The van der Waals surface area contributed by atoms with Crippen molar-refractivity contribution in [1.29, 1.82) is 0 Å². The molecule has 0 aliphatic heterocycles. The average Bonchev–Trinajstić information content (AvgIpc) is 2.78. The number of benzene rings is 2. The maximum absolute atomic E-state index is 12.5. The molecule has 1 heterocycles. The van der Waals surface area contributed by atoms with Crippen LogP contribution in [-0.2, 0) is 13.0 Å². The van der Waals surface area contributed by atoms with Gasteiger partial charge in [0.15, 0.2) is 11.5 Å². The van der Waals surface area contributed by atoms with Crippen LogP contribution in [0.15, 0.2) is 67.0 Å². The number of hydrogen-bond acceptors (Lipinski definition) is 5. The minimum Gasteiger partial charge on any atom is -0.493 e. The summed E-state index contributed by atoms with van der Waals surface area (Å²) in [6.07, 6.45) is 4.18. The molecule has 2 N–H and O–H groups in total. The third kappa shape index (κ3) is 5.72. The van der Waals surface area contributed by atoms with Crippen molar-refractivity contribution in [2.45, 2.75) is 13.0 Å². The van der Waals surface area contributed by atoms with Gasteiger partial charge in [-0.3, -0.25) is 9.78 Å². The molecule has 0 spiro atoms. The van der Waals surface area contributed by atoms with E-state index in [9.17, 15) is 4.79 Å². The Hall–Kier alpha value is -3.54. The van der Waals surface area contributed by atoms with Crippen LogP contribution < -0.4 is 20.1 Å². The molecule has 0 radical (unpaired) electrons. The quantitative estimate of drug-likeness (QED) is 0.582. The van der Waals surface area contributed by atoms with Crippen molar-refractivity contribution < 1.29 is 14.3 Å². The number of carbonyl (C=O) groups is 1. The lowest BCUT2D eigenvalue weighted by molar-refractivity contribution is 0.0950. The van der Waals surface area contributed by atoms with Gasteiger partial charge in [0.2, 0.25) is 0 Å². The van der Waals surface area contributed by atoms with Crippen molar-refractivity contribution in [3.05, 3.63) is 83.7 Å². The molecule has 0 saturated carbocycles. The first-order valence-corrected chi connectivity index (χ1v) is 9.41. The first-order valence-electron chi connectivity index (χ1n) is 9.41. The van der Waals surface area contributed by atoms with Gasteiger partial charge in [0.05, 0.1) is 25.5 Å². The second-order valence-corrected chi connectivity index (χ2v) is 6.50. The standard InChI is InChI=1S/C23H25N3O3/c1-28-21-9-8-18(12-22(21)29-2)14-26-23(27)19-13-20(16-24-15-19)25-11-10-17-6-4-3-5-7-17/h3-9,12-13,15-16,25H,10-11,14H2,1-2H3,(H,26,27). The molecule has 0 aliphatic carbocycles. The second-order valence-electron chi connectivity index (χ2n) is 6.50. The summed E-state index contributed by atoms with van der Waals surface area (Å²) in [5, 5.41) is 6.23. The van der Waals surface area contributed by atoms with Gasteiger partial charge in [-0.2, -0.15) is 0 Å². The van der Waals surface area contributed by atoms with E-state index in [-0.39, 0.29) is 5.91 Å². The monoisotopic (exact) mass is 391 g/mol. The first kappa shape index (κ1) is 20.2. The Bertz CT molecular complexity index is 945. The Balaban J connectivity index is 1.55. The van der Waals surface area contributed by atoms with Gasteiger partial charge in [-0.05, 0) is 35.7 Å². The fraction of sp³-hybridized carbons (Fsp3) is 0.217. The highest BCUT2D eigenvalue weighted by Crippen LogP contribution is 2.27. The fourth-order valence-corrected chi connectivity index (χ4v) is 2.93. The third-order valence-corrected chi connectivity index (χ3v) is 4.49. The molecule has 0 atom stereocenters. The lowest BCUT2D eigenvalue weighted by atomic mass is 10.1. The summed E-state index contributed by atoms with van der Waals surface area (Å²) in [5.41, 5.74) is 3.51. The number of nitrogens with one attached hydrogen (secondary N) is 2. The third-order valence-electron chi connectivity index (χ3n) is 4.49. The predicted octanol–water partition coefficient (Wildman–Crippen LogP) is 3.68. The van der Waals surface area contributed by atoms with Crippen LogP contribution >= 0.6 is 0 Å². The van der Waals surface area contributed by atoms with E-state index in [4.69, 9.17) is 9.47 Å². The number of anilines is 1. The Morgan fingerprint density at radius 3 is 2.48 bits per heavy atom. The Morgan fingerprint density at radius 2 is 1.72 bits per heavy atom. The molecule has 1 amide bonds. The van der Waals surface area contributed by atoms with Gasteiger partial charge in [0.25, 0.3) is 5.91 Å². The van der Waals surface area contributed by atoms with Gasteiger partial charge in [0, 0.05) is 25.5 Å². The molecule has 0 unspecified atom stereocenters. The van der Waals surface area contributed by atoms with E-state index in [1.54, 1.807) is 26.6 Å². The van der Waals surface area contributed by atoms with Crippen LogP contribution in [-0.4, -0.2) is 31.7 Å². The number of rotatable bonds is 9. The van der Waals surface area contributed by atoms with Crippen LogP contribution in [0.3, 0.4) is 0 Å². The van der Waals surface area contributed by atoms with Crippen LogP contribution in [0.1, 0.15) is 21.5 Å². The lowest BCUT2D eigenvalue weighted by Gasteiger charge is -2.11. The largest absolute Gasteiger partial charge is 0.493 e. The maximum Gasteiger partial charge on any atom is 0.253 e. The van der Waals surface area contributed by atoms with Crippen molar-refractivity contribution in [2.75, 3.05) is 26.1 Å². The Kier molecular flexibility index (Phi) is 7.05. The van der Waals surface area contributed by atoms with E-state index in [0.717, 1.165) is 24.2 Å². The highest BCUT2D eigenvalue weighted by molar-refractivity contribution is 5.94. The number of nitrogens with zero attached hydrogens (tertiary/aromatic N) is 1. The van der Waals surface area contributed by atoms with Gasteiger partial charge in [-0.15, -0.1) is 0 Å². The van der Waals surface area contributed by atoms with Crippen LogP contribution in [0.5, 0.6) is 11.5 Å². The minimum atomic E-state index is -0.181. The van der Waals surface area contributed by atoms with Crippen molar-refractivity contribution in [2.24, 2.45) is 0 Å². The Morgan fingerprint density at radius 1 is 0.931 bits per heavy atom. The first-order chi connectivity index (χ1) is 14.2. The normalized spacial score (nSPS) is 10.3. The molecular weight excluding hydrogens is 366 g/mol. The molecule has 1 aromatic heterocycles. The molecule has 6 heteroatoms. The summed E-state index contributed by atoms with van der Waals surface area (Å²) in [4.78, 5) is 16.7. The number of aromatic nitrogens is 1. The van der Waals surface area contributed by atoms with Crippen molar-refractivity contribution in [3.63, 3.8) is 0 Å². The minimum absolute atomic E-state index is 0.181. The topological polar surface area (TPSA) is 72.5 Å². The highest BCUT2D eigenvalue weighted by atomic mass is 16.5. The van der Waals surface area contributed by atoms with Gasteiger partial charge in [-0.25, -0.2) is 0 Å². The van der Waals surface area contributed by atoms with Crippen LogP contribution in [0.4, 0.5) is 5.69 Å². The van der Waals surface area contributed by atoms with Crippen molar-refractivity contribution in [1.82, 2.24) is 10.3 Å². The molecule has 0 saturated heterocycles. The number of hydrogen-bond donors (Lipinski definition) is 2. The van der Waals surface area contributed by atoms with Gasteiger partial charge < -0.3 is 20.1 Å². The Labute approximate surface area is 170 Å². The van der Waals surface area contributed by atoms with Crippen molar-refractivity contribution in [3.8, 4) is 11.5 Å². The van der Waals surface area contributed by atoms with E-state index in [1.165, 1.54) is 5.56 Å². The summed E-state index contributed by atoms with van der Waals surface area (Å²) in [5.74, 6) is 1.10. The summed E-state index contributed by atoms with van der Waals surface area (Å²) in [7, 11) is 3.18. The van der Waals surface area contributed by atoms with E-state index >= 15 is 0 Å². The zero-order valence-corrected chi connectivity index (χ0v) is 16.6. The number of pyridine rings is 1. The van der Waals surface area contributed by atoms with E-state index in [0.29, 0.717) is 23.6 Å². The van der Waals surface area contributed by atoms with Gasteiger partial charge in [-0.1, -0.05) is 36.4 Å². The summed E-state index contributed by atoms with van der Waals surface area (Å²) in [6, 6.07) is 17.6. The molecule has 0 fully saturated rings. The van der Waals surface area contributed by atoms with Crippen molar-refractivity contribution >= 4 is 11.6 Å². The zero-order valence-electron chi connectivity index (χ0n) is 16.6. The molecule has 3 aromatic rings. The number of methoxy groups -OCH3 is 2. The average molecular weight is 391 g/mol. The summed E-state index contributed by atoms with van der Waals surface area (Å²) >= 11 is 0. The fourth-order valence-electron chi connectivity index (χ4n) is 2.93. The SMILES string of the molecule is COc1ccc(CNC(=O)c2cncc(NCCc3ccccc3)c2)cc1OC. The van der Waals surface area contributed by atoms with Gasteiger partial charge >= 0.3 is 0 Å². The molecule has 0 bridgehead atoms. The molecule has 3 rings (SSSR count). The van der Waals surface area contributed by atoms with E-state index in [2.05, 4.69) is 27.8 Å². The predicted molar refractivity (Wildman–Crippen MR) is 114 cm³/mol. The van der Waals surface area contributed by atoms with Gasteiger partial charge in [0.1, 0.15) is 0 Å². The van der Waals surface area contributed by atoms with Crippen LogP contribution in [0, 0.1) is 0 Å². The number of ether oxygens (including phenoxy) is 2.